The van der Waals surface area contributed by atoms with Crippen molar-refractivity contribution in [1.29, 1.82) is 0 Å². The first kappa shape index (κ1) is 12.1. The molecule has 1 heterocycles. The summed E-state index contributed by atoms with van der Waals surface area (Å²) in [5.74, 6) is -2.08. The Kier molecular flexibility index (Phi) is 3.01. The summed E-state index contributed by atoms with van der Waals surface area (Å²) in [6.07, 6.45) is 0. The highest BCUT2D eigenvalue weighted by Crippen LogP contribution is 2.30. The first-order valence-corrected chi connectivity index (χ1v) is 5.30. The van der Waals surface area contributed by atoms with Crippen LogP contribution in [0, 0.1) is 11.7 Å². The molecular formula is C12H12FN3O2. The van der Waals surface area contributed by atoms with Crippen LogP contribution in [-0.2, 0) is 4.79 Å². The Hall–Kier alpha value is -2.37. The number of carbonyl (C=O) groups is 2. The second-order valence-electron chi connectivity index (χ2n) is 4.00. The minimum Gasteiger partial charge on any atom is -0.369 e. The summed E-state index contributed by atoms with van der Waals surface area (Å²) in [5.41, 5.74) is 5.64. The van der Waals surface area contributed by atoms with Crippen LogP contribution in [0.15, 0.2) is 36.5 Å². The van der Waals surface area contributed by atoms with E-state index in [0.29, 0.717) is 0 Å². The van der Waals surface area contributed by atoms with Gasteiger partial charge < -0.3 is 16.4 Å². The Bertz CT molecular complexity index is 530. The number of carbonyl (C=O) groups excluding carboxylic acids is 2. The van der Waals surface area contributed by atoms with Gasteiger partial charge in [-0.25, -0.2) is 9.18 Å². The average Bonchev–Trinajstić information content (AvgIpc) is 2.27. The zero-order valence-electron chi connectivity index (χ0n) is 9.44. The molecule has 1 fully saturated rings. The highest BCUT2D eigenvalue weighted by Gasteiger charge is 2.37. The summed E-state index contributed by atoms with van der Waals surface area (Å²) in [4.78, 5) is 22.8. The molecule has 2 rings (SSSR count). The highest BCUT2D eigenvalue weighted by molar-refractivity contribution is 5.87. The number of nitrogens with one attached hydrogen (secondary N) is 2. The van der Waals surface area contributed by atoms with Gasteiger partial charge in [-0.3, -0.25) is 4.79 Å². The third-order valence-corrected chi connectivity index (χ3v) is 2.82. The van der Waals surface area contributed by atoms with Gasteiger partial charge in [0, 0.05) is 11.3 Å². The molecule has 5 nitrogen and oxygen atoms in total. The molecule has 2 atom stereocenters. The summed E-state index contributed by atoms with van der Waals surface area (Å²) in [6.45, 7) is 3.58. The van der Waals surface area contributed by atoms with Crippen LogP contribution >= 0.6 is 0 Å². The van der Waals surface area contributed by atoms with Crippen molar-refractivity contribution in [2.75, 3.05) is 0 Å². The molecule has 0 bridgehead atoms. The van der Waals surface area contributed by atoms with Gasteiger partial charge in [-0.15, -0.1) is 0 Å². The molecule has 0 aliphatic carbocycles. The Morgan fingerprint density at radius 1 is 1.39 bits per heavy atom. The van der Waals surface area contributed by atoms with E-state index in [9.17, 15) is 14.0 Å². The van der Waals surface area contributed by atoms with Crippen molar-refractivity contribution >= 4 is 11.9 Å². The highest BCUT2D eigenvalue weighted by atomic mass is 19.1. The quantitative estimate of drug-likeness (QED) is 0.724. The maximum Gasteiger partial charge on any atom is 0.319 e. The van der Waals surface area contributed by atoms with Crippen LogP contribution in [0.5, 0.6) is 0 Å². The Balaban J connectivity index is 2.45. The van der Waals surface area contributed by atoms with Crippen molar-refractivity contribution in [2.45, 2.75) is 6.04 Å². The lowest BCUT2D eigenvalue weighted by atomic mass is 9.88. The number of hydrogen-bond donors (Lipinski definition) is 3. The van der Waals surface area contributed by atoms with Gasteiger partial charge in [-0.05, 0) is 6.07 Å². The van der Waals surface area contributed by atoms with E-state index in [1.54, 1.807) is 6.07 Å². The van der Waals surface area contributed by atoms with Crippen molar-refractivity contribution in [3.63, 3.8) is 0 Å². The Morgan fingerprint density at radius 3 is 2.67 bits per heavy atom. The third-order valence-electron chi connectivity index (χ3n) is 2.82. The average molecular weight is 249 g/mol. The minimum atomic E-state index is -0.889. The van der Waals surface area contributed by atoms with Crippen LogP contribution in [0.25, 0.3) is 0 Å². The van der Waals surface area contributed by atoms with Gasteiger partial charge in [0.15, 0.2) is 0 Å². The predicted molar refractivity (Wildman–Crippen MR) is 62.6 cm³/mol. The summed E-state index contributed by atoms with van der Waals surface area (Å²) in [7, 11) is 0. The third kappa shape index (κ3) is 2.04. The van der Waals surface area contributed by atoms with E-state index < -0.39 is 29.7 Å². The molecule has 0 spiro atoms. The monoisotopic (exact) mass is 249 g/mol. The Morgan fingerprint density at radius 2 is 2.06 bits per heavy atom. The van der Waals surface area contributed by atoms with Gasteiger partial charge in [0.2, 0.25) is 5.91 Å². The predicted octanol–water partition coefficient (Wildman–Crippen LogP) is 0.795. The molecule has 0 saturated carbocycles. The number of nitrogens with two attached hydrogens (primary N) is 1. The fraction of sp³-hybridized carbons (Fsp3) is 0.167. The molecule has 1 saturated heterocycles. The molecule has 1 aliphatic heterocycles. The molecule has 1 aliphatic rings. The standard InChI is InChI=1S/C12H12FN3O2/c1-6-9(11(14)17)10(16-12(18)15-6)7-4-2-3-5-8(7)13/h2-5,9-10H,1H2,(H2,14,17)(H2,15,16,18). The van der Waals surface area contributed by atoms with Gasteiger partial charge in [0.05, 0.1) is 6.04 Å². The largest absolute Gasteiger partial charge is 0.369 e. The smallest absolute Gasteiger partial charge is 0.319 e. The molecule has 0 aromatic heterocycles. The van der Waals surface area contributed by atoms with Gasteiger partial charge >= 0.3 is 6.03 Å². The summed E-state index contributed by atoms with van der Waals surface area (Å²) in [5, 5.41) is 4.85. The second-order valence-corrected chi connectivity index (χ2v) is 4.00. The molecule has 1 aromatic carbocycles. The van der Waals surface area contributed by atoms with Crippen LogP contribution in [0.2, 0.25) is 0 Å². The van der Waals surface area contributed by atoms with Gasteiger partial charge in [-0.2, -0.15) is 0 Å². The minimum absolute atomic E-state index is 0.166. The zero-order valence-corrected chi connectivity index (χ0v) is 9.44. The van der Waals surface area contributed by atoms with Crippen molar-refractivity contribution in [1.82, 2.24) is 10.6 Å². The number of urea groups is 1. The molecule has 6 heteroatoms. The summed E-state index contributed by atoms with van der Waals surface area (Å²) in [6, 6.07) is 4.51. The number of amides is 3. The van der Waals surface area contributed by atoms with Crippen molar-refractivity contribution in [2.24, 2.45) is 11.7 Å². The number of benzene rings is 1. The number of rotatable bonds is 2. The van der Waals surface area contributed by atoms with E-state index in [-0.39, 0.29) is 11.3 Å². The van der Waals surface area contributed by atoms with Crippen molar-refractivity contribution in [3.05, 3.63) is 47.9 Å². The molecule has 18 heavy (non-hydrogen) atoms. The van der Waals surface area contributed by atoms with E-state index in [2.05, 4.69) is 17.2 Å². The van der Waals surface area contributed by atoms with E-state index in [0.717, 1.165) is 0 Å². The van der Waals surface area contributed by atoms with E-state index in [1.807, 2.05) is 0 Å². The molecular weight excluding hydrogens is 237 g/mol. The fourth-order valence-electron chi connectivity index (χ4n) is 2.01. The number of hydrogen-bond acceptors (Lipinski definition) is 2. The number of primary amides is 1. The lowest BCUT2D eigenvalue weighted by Gasteiger charge is -2.32. The normalized spacial score (nSPS) is 23.2. The van der Waals surface area contributed by atoms with Crippen LogP contribution < -0.4 is 16.4 Å². The van der Waals surface area contributed by atoms with Gasteiger partial charge in [-0.1, -0.05) is 24.8 Å². The fourth-order valence-corrected chi connectivity index (χ4v) is 2.01. The topological polar surface area (TPSA) is 84.2 Å². The van der Waals surface area contributed by atoms with Crippen LogP contribution in [0.4, 0.5) is 9.18 Å². The molecule has 4 N–H and O–H groups in total. The number of halogens is 1. The van der Waals surface area contributed by atoms with Crippen LogP contribution in [0.3, 0.4) is 0 Å². The zero-order chi connectivity index (χ0) is 13.3. The SMILES string of the molecule is C=C1NC(=O)NC(c2ccccc2F)C1C(N)=O. The summed E-state index contributed by atoms with van der Waals surface area (Å²) >= 11 is 0. The van der Waals surface area contributed by atoms with E-state index in [4.69, 9.17) is 5.73 Å². The van der Waals surface area contributed by atoms with Crippen molar-refractivity contribution in [3.8, 4) is 0 Å². The molecule has 94 valence electrons. The second kappa shape index (κ2) is 4.48. The molecule has 1 aromatic rings. The maximum atomic E-state index is 13.7. The van der Waals surface area contributed by atoms with Crippen LogP contribution in [-0.4, -0.2) is 11.9 Å². The van der Waals surface area contributed by atoms with E-state index >= 15 is 0 Å². The van der Waals surface area contributed by atoms with E-state index in [1.165, 1.54) is 18.2 Å². The molecule has 2 unspecified atom stereocenters. The van der Waals surface area contributed by atoms with Gasteiger partial charge in [0.25, 0.3) is 0 Å². The van der Waals surface area contributed by atoms with Crippen LogP contribution in [0.1, 0.15) is 11.6 Å². The first-order chi connectivity index (χ1) is 8.50. The first-order valence-electron chi connectivity index (χ1n) is 5.30. The van der Waals surface area contributed by atoms with Crippen molar-refractivity contribution < 1.29 is 14.0 Å². The van der Waals surface area contributed by atoms with Gasteiger partial charge in [0.1, 0.15) is 11.7 Å². The lowest BCUT2D eigenvalue weighted by Crippen LogP contribution is -2.52. The lowest BCUT2D eigenvalue weighted by molar-refractivity contribution is -0.121. The molecule has 0 radical (unpaired) electrons. The maximum absolute atomic E-state index is 13.7. The molecule has 3 amide bonds. The summed E-state index contributed by atoms with van der Waals surface area (Å²) < 4.78 is 13.7. The Labute approximate surface area is 103 Å².